The SMILES string of the molecule is C=CC(=O)Nc1cc(C)ccc1N=C(NC(=C)C)/C(=C\C)C(F)(F)F.CCCN(CC)CCC.CCc1cc(C)cc(C)n1. The van der Waals surface area contributed by atoms with E-state index in [0.717, 1.165) is 29.8 Å². The van der Waals surface area contributed by atoms with Gasteiger partial charge in [-0.15, -0.1) is 0 Å². The quantitative estimate of drug-likeness (QED) is 0.150. The molecule has 0 bridgehead atoms. The van der Waals surface area contributed by atoms with Gasteiger partial charge in [0.15, 0.2) is 0 Å². The van der Waals surface area contributed by atoms with Crippen LogP contribution in [-0.4, -0.2) is 47.4 Å². The second-order valence-corrected chi connectivity index (χ2v) is 10.3. The van der Waals surface area contributed by atoms with Crippen LogP contribution < -0.4 is 10.6 Å². The van der Waals surface area contributed by atoms with Crippen LogP contribution in [0, 0.1) is 20.8 Å². The van der Waals surface area contributed by atoms with Crippen LogP contribution in [0.1, 0.15) is 76.9 Å². The maximum absolute atomic E-state index is 13.3. The number of nitrogens with one attached hydrogen (secondary N) is 2. The van der Waals surface area contributed by atoms with Gasteiger partial charge < -0.3 is 15.5 Å². The summed E-state index contributed by atoms with van der Waals surface area (Å²) >= 11 is 0. The largest absolute Gasteiger partial charge is 0.419 e. The number of rotatable bonds is 11. The average Bonchev–Trinajstić information content (AvgIpc) is 2.93. The van der Waals surface area contributed by atoms with Gasteiger partial charge in [0.1, 0.15) is 5.84 Å². The van der Waals surface area contributed by atoms with E-state index in [1.54, 1.807) is 19.1 Å². The summed E-state index contributed by atoms with van der Waals surface area (Å²) in [5, 5.41) is 5.07. The molecule has 1 heterocycles. The molecule has 2 N–H and O–H groups in total. The summed E-state index contributed by atoms with van der Waals surface area (Å²) < 4.78 is 39.8. The number of aryl methyl sites for hydroxylation is 4. The summed E-state index contributed by atoms with van der Waals surface area (Å²) in [7, 11) is 0. The highest BCUT2D eigenvalue weighted by molar-refractivity contribution is 6.04. The first-order valence-corrected chi connectivity index (χ1v) is 15.1. The number of anilines is 1. The molecular formula is C35H52F3N5O. The first-order chi connectivity index (χ1) is 20.6. The standard InChI is InChI=1S/C18H20F3N3O.C9H13N.C8H19N/c1-6-13(18(19,20)21)17(22-11(3)4)24-14-9-8-12(5)10-15(14)23-16(25)7-2;1-4-9-6-7(2)5-8(3)10-9;1-4-7-9(6-3)8-5-2/h6-10H,2-3H2,1,4-5H3,(H,22,24)(H,23,25);5-6H,4H2,1-3H3;4-8H2,1-3H3/b13-6+;;. The van der Waals surface area contributed by atoms with Crippen molar-refractivity contribution in [1.82, 2.24) is 15.2 Å². The minimum atomic E-state index is -4.59. The highest BCUT2D eigenvalue weighted by Crippen LogP contribution is 2.31. The summed E-state index contributed by atoms with van der Waals surface area (Å²) in [5.74, 6) is -0.890. The number of hydrogen-bond donors (Lipinski definition) is 2. The number of amides is 1. The molecule has 0 unspecified atom stereocenters. The Morgan fingerprint density at radius 1 is 1.02 bits per heavy atom. The van der Waals surface area contributed by atoms with Crippen LogP contribution >= 0.6 is 0 Å². The van der Waals surface area contributed by atoms with Crippen LogP contribution in [0.2, 0.25) is 0 Å². The third kappa shape index (κ3) is 16.2. The third-order valence-corrected chi connectivity index (χ3v) is 6.05. The van der Waals surface area contributed by atoms with E-state index in [9.17, 15) is 18.0 Å². The highest BCUT2D eigenvalue weighted by Gasteiger charge is 2.36. The number of pyridine rings is 1. The van der Waals surface area contributed by atoms with Gasteiger partial charge in [0.25, 0.3) is 0 Å². The van der Waals surface area contributed by atoms with Crippen molar-refractivity contribution in [3.8, 4) is 0 Å². The van der Waals surface area contributed by atoms with Crippen molar-refractivity contribution in [3.63, 3.8) is 0 Å². The number of aliphatic imine (C=N–C) groups is 1. The number of benzene rings is 1. The Labute approximate surface area is 263 Å². The van der Waals surface area contributed by atoms with Gasteiger partial charge in [0, 0.05) is 17.1 Å². The van der Waals surface area contributed by atoms with E-state index in [4.69, 9.17) is 0 Å². The van der Waals surface area contributed by atoms with E-state index in [1.165, 1.54) is 63.6 Å². The van der Waals surface area contributed by atoms with Crippen LogP contribution in [0.4, 0.5) is 24.5 Å². The van der Waals surface area contributed by atoms with E-state index in [-0.39, 0.29) is 11.4 Å². The van der Waals surface area contributed by atoms with Gasteiger partial charge in [-0.3, -0.25) is 9.78 Å². The predicted octanol–water partition coefficient (Wildman–Crippen LogP) is 9.17. The Hall–Kier alpha value is -3.72. The van der Waals surface area contributed by atoms with Gasteiger partial charge in [0.2, 0.25) is 5.91 Å². The summed E-state index contributed by atoms with van der Waals surface area (Å²) in [6.45, 7) is 28.2. The zero-order valence-electron chi connectivity index (χ0n) is 28.1. The lowest BCUT2D eigenvalue weighted by atomic mass is 10.1. The van der Waals surface area contributed by atoms with E-state index in [2.05, 4.69) is 85.4 Å². The van der Waals surface area contributed by atoms with Crippen LogP contribution in [0.5, 0.6) is 0 Å². The highest BCUT2D eigenvalue weighted by atomic mass is 19.4. The molecule has 244 valence electrons. The fraction of sp³-hybridized carbons (Fsp3) is 0.457. The number of halogens is 3. The predicted molar refractivity (Wildman–Crippen MR) is 181 cm³/mol. The molecule has 0 aliphatic carbocycles. The van der Waals surface area contributed by atoms with E-state index >= 15 is 0 Å². The molecule has 1 aromatic heterocycles. The maximum atomic E-state index is 13.3. The first-order valence-electron chi connectivity index (χ1n) is 15.1. The molecule has 0 radical (unpaired) electrons. The zero-order chi connectivity index (χ0) is 33.9. The third-order valence-electron chi connectivity index (χ3n) is 6.05. The Morgan fingerprint density at radius 2 is 1.64 bits per heavy atom. The molecule has 1 aromatic carbocycles. The van der Waals surface area contributed by atoms with Crippen molar-refractivity contribution in [2.75, 3.05) is 25.0 Å². The van der Waals surface area contributed by atoms with Crippen molar-refractivity contribution in [3.05, 3.63) is 89.4 Å². The first kappa shape index (κ1) is 40.3. The Kier molecular flexibility index (Phi) is 19.3. The molecule has 0 atom stereocenters. The molecule has 1 amide bonds. The number of amidine groups is 1. The number of alkyl halides is 3. The molecule has 0 fully saturated rings. The van der Waals surface area contributed by atoms with Crippen LogP contribution in [0.25, 0.3) is 0 Å². The molecule has 6 nitrogen and oxygen atoms in total. The molecule has 0 saturated carbocycles. The number of nitrogens with zero attached hydrogens (tertiary/aromatic N) is 3. The fourth-order valence-electron chi connectivity index (χ4n) is 4.11. The lowest BCUT2D eigenvalue weighted by Crippen LogP contribution is -2.30. The summed E-state index contributed by atoms with van der Waals surface area (Å²) in [4.78, 5) is 22.5. The van der Waals surface area contributed by atoms with E-state index in [0.29, 0.717) is 5.70 Å². The van der Waals surface area contributed by atoms with Gasteiger partial charge in [-0.1, -0.05) is 53.0 Å². The van der Waals surface area contributed by atoms with Gasteiger partial charge in [0.05, 0.1) is 16.9 Å². The maximum Gasteiger partial charge on any atom is 0.419 e. The van der Waals surface area contributed by atoms with Crippen molar-refractivity contribution < 1.29 is 18.0 Å². The summed E-state index contributed by atoms with van der Waals surface area (Å²) in [6, 6.07) is 9.05. The van der Waals surface area contributed by atoms with Crippen LogP contribution in [-0.2, 0) is 11.2 Å². The summed E-state index contributed by atoms with van der Waals surface area (Å²) in [6.07, 6.45) is 0.996. The molecule has 0 aliphatic rings. The van der Waals surface area contributed by atoms with Gasteiger partial charge in [-0.25, -0.2) is 4.99 Å². The van der Waals surface area contributed by atoms with Crippen LogP contribution in [0.15, 0.2) is 71.9 Å². The molecule has 0 saturated heterocycles. The van der Waals surface area contributed by atoms with E-state index in [1.807, 2.05) is 6.92 Å². The Balaban J connectivity index is 0.000000791. The minimum absolute atomic E-state index is 0.174. The second-order valence-electron chi connectivity index (χ2n) is 10.3. The summed E-state index contributed by atoms with van der Waals surface area (Å²) in [5.41, 5.74) is 4.26. The molecule has 0 spiro atoms. The number of allylic oxidation sites excluding steroid dienone is 2. The molecule has 9 heteroatoms. The second kappa shape index (κ2) is 21.1. The van der Waals surface area contributed by atoms with Crippen molar-refractivity contribution >= 4 is 23.1 Å². The van der Waals surface area contributed by atoms with Crippen molar-refractivity contribution in [2.24, 2.45) is 4.99 Å². The van der Waals surface area contributed by atoms with Gasteiger partial charge in [-0.2, -0.15) is 13.2 Å². The number of hydrogen-bond acceptors (Lipinski definition) is 4. The fourth-order valence-corrected chi connectivity index (χ4v) is 4.11. The lowest BCUT2D eigenvalue weighted by Gasteiger charge is -2.17. The van der Waals surface area contributed by atoms with Crippen molar-refractivity contribution in [1.29, 1.82) is 0 Å². The molecule has 2 aromatic rings. The van der Waals surface area contributed by atoms with Gasteiger partial charge >= 0.3 is 6.18 Å². The van der Waals surface area contributed by atoms with Gasteiger partial charge in [-0.05, 0) is 115 Å². The molecular weight excluding hydrogens is 563 g/mol. The minimum Gasteiger partial charge on any atom is -0.344 e. The topological polar surface area (TPSA) is 69.6 Å². The monoisotopic (exact) mass is 615 g/mol. The average molecular weight is 616 g/mol. The Morgan fingerprint density at radius 3 is 2.07 bits per heavy atom. The lowest BCUT2D eigenvalue weighted by molar-refractivity contribution is -0.111. The van der Waals surface area contributed by atoms with Crippen molar-refractivity contribution in [2.45, 2.75) is 87.8 Å². The number of carbonyl (C=O) groups is 1. The van der Waals surface area contributed by atoms with Crippen LogP contribution in [0.3, 0.4) is 0 Å². The molecule has 2 rings (SSSR count). The normalized spacial score (nSPS) is 11.6. The molecule has 44 heavy (non-hydrogen) atoms. The van der Waals surface area contributed by atoms with E-state index < -0.39 is 23.5 Å². The zero-order valence-corrected chi connectivity index (χ0v) is 28.1. The Bertz CT molecular complexity index is 1240. The molecule has 0 aliphatic heterocycles. The smallest absolute Gasteiger partial charge is 0.344 e. The number of carbonyl (C=O) groups excluding carboxylic acids is 1. The number of aromatic nitrogens is 1.